The highest BCUT2D eigenvalue weighted by atomic mass is 19.1. The topological polar surface area (TPSA) is 125 Å². The minimum absolute atomic E-state index is 0.315. The lowest BCUT2D eigenvalue weighted by Crippen LogP contribution is -2.55. The second-order valence-corrected chi connectivity index (χ2v) is 3.89. The van der Waals surface area contributed by atoms with E-state index in [0.29, 0.717) is 10.8 Å². The maximum Gasteiger partial charge on any atom is 0.330 e. The molecule has 1 aliphatic rings. The number of aromatic nitrogens is 2. The Labute approximate surface area is 98.9 Å². The summed E-state index contributed by atoms with van der Waals surface area (Å²) in [5.74, 6) is -1.23. The number of hydrogen-bond acceptors (Lipinski definition) is 6. The minimum atomic E-state index is -1.73. The number of H-pyrrole nitrogens is 1. The van der Waals surface area contributed by atoms with Crippen molar-refractivity contribution in [2.24, 2.45) is 0 Å². The summed E-state index contributed by atoms with van der Waals surface area (Å²) in [7, 11) is 0. The molecule has 0 spiro atoms. The van der Waals surface area contributed by atoms with Crippen molar-refractivity contribution in [1.29, 1.82) is 0 Å². The van der Waals surface area contributed by atoms with Crippen LogP contribution in [0.2, 0.25) is 0 Å². The first-order valence-corrected chi connectivity index (χ1v) is 5.09. The molecule has 8 nitrogen and oxygen atoms in total. The van der Waals surface area contributed by atoms with Gasteiger partial charge in [0.25, 0.3) is 5.56 Å². The summed E-state index contributed by atoms with van der Waals surface area (Å²) in [6.45, 7) is -0.398. The molecule has 1 fully saturated rings. The minimum Gasteiger partial charge on any atom is -0.388 e. The molecule has 1 saturated heterocycles. The molecule has 0 aliphatic carbocycles. The zero-order valence-corrected chi connectivity index (χ0v) is 8.99. The number of hydrogen-bond donors (Lipinski definition) is 4. The standard InChI is InChI=1S/C9H11FN2O6/c10-3-1-11-9(17)12(7(3)16)8-6(15)5(14)4(13)2-18-8/h1,4-6,8,13-15H,2H2,(H,11,17)/t4-,5-,6-,8+/m0/s1. The highest BCUT2D eigenvalue weighted by molar-refractivity contribution is 4.93. The van der Waals surface area contributed by atoms with Crippen LogP contribution in [0.1, 0.15) is 6.23 Å². The van der Waals surface area contributed by atoms with Gasteiger partial charge in [0, 0.05) is 6.20 Å². The zero-order chi connectivity index (χ0) is 13.4. The lowest BCUT2D eigenvalue weighted by atomic mass is 10.0. The lowest BCUT2D eigenvalue weighted by molar-refractivity contribution is -0.212. The van der Waals surface area contributed by atoms with E-state index in [1.54, 1.807) is 0 Å². The summed E-state index contributed by atoms with van der Waals surface area (Å²) in [5, 5.41) is 28.3. The van der Waals surface area contributed by atoms with Crippen molar-refractivity contribution in [2.75, 3.05) is 6.61 Å². The van der Waals surface area contributed by atoms with Gasteiger partial charge in [-0.2, -0.15) is 4.39 Å². The van der Waals surface area contributed by atoms with Crippen molar-refractivity contribution in [2.45, 2.75) is 24.5 Å². The van der Waals surface area contributed by atoms with Crippen LogP contribution in [0.4, 0.5) is 4.39 Å². The van der Waals surface area contributed by atoms with Crippen LogP contribution < -0.4 is 11.2 Å². The summed E-state index contributed by atoms with van der Waals surface area (Å²) < 4.78 is 18.3. The van der Waals surface area contributed by atoms with Gasteiger partial charge < -0.3 is 25.0 Å². The fourth-order valence-corrected chi connectivity index (χ4v) is 1.71. The van der Waals surface area contributed by atoms with Crippen molar-refractivity contribution in [1.82, 2.24) is 9.55 Å². The zero-order valence-electron chi connectivity index (χ0n) is 8.99. The Morgan fingerprint density at radius 2 is 2.00 bits per heavy atom. The molecule has 4 N–H and O–H groups in total. The van der Waals surface area contributed by atoms with Crippen LogP contribution in [0.15, 0.2) is 15.8 Å². The van der Waals surface area contributed by atoms with E-state index in [2.05, 4.69) is 0 Å². The van der Waals surface area contributed by atoms with E-state index < -0.39 is 48.2 Å². The highest BCUT2D eigenvalue weighted by Gasteiger charge is 2.40. The van der Waals surface area contributed by atoms with Crippen LogP contribution >= 0.6 is 0 Å². The first kappa shape index (κ1) is 12.9. The summed E-state index contributed by atoms with van der Waals surface area (Å²) in [6.07, 6.45) is -5.65. The number of halogens is 1. The quantitative estimate of drug-likeness (QED) is 0.436. The molecule has 1 aliphatic heterocycles. The van der Waals surface area contributed by atoms with E-state index in [0.717, 1.165) is 0 Å². The Morgan fingerprint density at radius 1 is 1.33 bits per heavy atom. The normalized spacial score (nSPS) is 32.4. The van der Waals surface area contributed by atoms with Gasteiger partial charge in [-0.25, -0.2) is 9.36 Å². The van der Waals surface area contributed by atoms with Gasteiger partial charge in [0.1, 0.15) is 18.3 Å². The van der Waals surface area contributed by atoms with Crippen LogP contribution in [0.3, 0.4) is 0 Å². The number of rotatable bonds is 1. The van der Waals surface area contributed by atoms with E-state index in [4.69, 9.17) is 4.74 Å². The number of nitrogens with zero attached hydrogens (tertiary/aromatic N) is 1. The van der Waals surface area contributed by atoms with Gasteiger partial charge in [-0.1, -0.05) is 0 Å². The average molecular weight is 262 g/mol. The van der Waals surface area contributed by atoms with Crippen LogP contribution in [-0.4, -0.2) is 49.8 Å². The van der Waals surface area contributed by atoms with Crippen LogP contribution in [0.25, 0.3) is 0 Å². The summed E-state index contributed by atoms with van der Waals surface area (Å²) in [4.78, 5) is 24.8. The second-order valence-electron chi connectivity index (χ2n) is 3.89. The second kappa shape index (κ2) is 4.61. The molecule has 1 aromatic rings. The Kier molecular flexibility index (Phi) is 3.30. The lowest BCUT2D eigenvalue weighted by Gasteiger charge is -2.35. The van der Waals surface area contributed by atoms with Crippen molar-refractivity contribution < 1.29 is 24.4 Å². The largest absolute Gasteiger partial charge is 0.388 e. The number of aliphatic hydroxyl groups is 3. The first-order valence-electron chi connectivity index (χ1n) is 5.09. The van der Waals surface area contributed by atoms with Gasteiger partial charge in [-0.05, 0) is 0 Å². The highest BCUT2D eigenvalue weighted by Crippen LogP contribution is 2.21. The third-order valence-electron chi connectivity index (χ3n) is 2.69. The van der Waals surface area contributed by atoms with Crippen molar-refractivity contribution in [3.05, 3.63) is 32.9 Å². The number of nitrogens with one attached hydrogen (secondary N) is 1. The molecule has 0 saturated carbocycles. The molecule has 0 amide bonds. The van der Waals surface area contributed by atoms with E-state index in [9.17, 15) is 29.3 Å². The fourth-order valence-electron chi connectivity index (χ4n) is 1.71. The molecular weight excluding hydrogens is 251 g/mol. The first-order chi connectivity index (χ1) is 8.43. The molecule has 2 heterocycles. The van der Waals surface area contributed by atoms with E-state index in [-0.39, 0.29) is 0 Å². The Morgan fingerprint density at radius 3 is 2.67 bits per heavy atom. The van der Waals surface area contributed by atoms with Gasteiger partial charge in [-0.15, -0.1) is 0 Å². The molecule has 4 atom stereocenters. The molecule has 0 aromatic carbocycles. The molecule has 0 bridgehead atoms. The van der Waals surface area contributed by atoms with Crippen molar-refractivity contribution in [3.63, 3.8) is 0 Å². The smallest absolute Gasteiger partial charge is 0.330 e. The predicted octanol–water partition coefficient (Wildman–Crippen LogP) is -2.71. The summed E-state index contributed by atoms with van der Waals surface area (Å²) in [5.41, 5.74) is -2.28. The number of aliphatic hydroxyl groups excluding tert-OH is 3. The molecule has 1 aromatic heterocycles. The van der Waals surface area contributed by atoms with Crippen molar-refractivity contribution in [3.8, 4) is 0 Å². The van der Waals surface area contributed by atoms with Gasteiger partial charge in [-0.3, -0.25) is 4.79 Å². The third-order valence-corrected chi connectivity index (χ3v) is 2.69. The average Bonchev–Trinajstić information content (AvgIpc) is 2.34. The van der Waals surface area contributed by atoms with Crippen LogP contribution in [0, 0.1) is 5.82 Å². The molecule has 0 unspecified atom stereocenters. The summed E-state index contributed by atoms with van der Waals surface area (Å²) >= 11 is 0. The van der Waals surface area contributed by atoms with Gasteiger partial charge in [0.15, 0.2) is 6.23 Å². The van der Waals surface area contributed by atoms with Crippen molar-refractivity contribution >= 4 is 0 Å². The molecular formula is C9H11FN2O6. The van der Waals surface area contributed by atoms with E-state index in [1.165, 1.54) is 0 Å². The Hall–Kier alpha value is -1.55. The predicted molar refractivity (Wildman–Crippen MR) is 54.3 cm³/mol. The van der Waals surface area contributed by atoms with Crippen LogP contribution in [0.5, 0.6) is 0 Å². The Balaban J connectivity index is 2.47. The fraction of sp³-hybridized carbons (Fsp3) is 0.556. The third kappa shape index (κ3) is 1.97. The monoisotopic (exact) mass is 262 g/mol. The van der Waals surface area contributed by atoms with Gasteiger partial charge in [0.2, 0.25) is 5.82 Å². The maximum atomic E-state index is 13.1. The SMILES string of the molecule is O=c1[nH]cc(F)c(=O)n1[C@@H]1OC[C@H](O)[C@H](O)[C@@H]1O. The molecule has 0 radical (unpaired) electrons. The molecule has 18 heavy (non-hydrogen) atoms. The molecule has 9 heteroatoms. The van der Waals surface area contributed by atoms with Gasteiger partial charge >= 0.3 is 5.69 Å². The maximum absolute atomic E-state index is 13.1. The van der Waals surface area contributed by atoms with Crippen LogP contribution in [-0.2, 0) is 4.74 Å². The van der Waals surface area contributed by atoms with Gasteiger partial charge in [0.05, 0.1) is 6.61 Å². The van der Waals surface area contributed by atoms with E-state index in [1.807, 2.05) is 4.98 Å². The van der Waals surface area contributed by atoms with E-state index >= 15 is 0 Å². The number of ether oxygens (including phenoxy) is 1. The summed E-state index contributed by atoms with van der Waals surface area (Å²) in [6, 6.07) is 0. The number of aromatic amines is 1. The Bertz CT molecular complexity index is 555. The molecule has 100 valence electrons. The molecule has 2 rings (SSSR count).